The van der Waals surface area contributed by atoms with E-state index in [-0.39, 0.29) is 12.1 Å². The van der Waals surface area contributed by atoms with Crippen LogP contribution in [0.25, 0.3) is 0 Å². The highest BCUT2D eigenvalue weighted by molar-refractivity contribution is 5.68. The zero-order valence-corrected chi connectivity index (χ0v) is 12.1. The lowest BCUT2D eigenvalue weighted by molar-refractivity contribution is 0.0166. The monoisotopic (exact) mass is 258 g/mol. The smallest absolute Gasteiger partial charge is 0.407 e. The van der Waals surface area contributed by atoms with Crippen LogP contribution in [-0.2, 0) is 9.47 Å². The molecule has 1 aliphatic rings. The summed E-state index contributed by atoms with van der Waals surface area (Å²) in [6.45, 7) is 8.28. The highest BCUT2D eigenvalue weighted by Gasteiger charge is 2.28. The predicted molar refractivity (Wildman–Crippen MR) is 70.7 cm³/mol. The molecule has 18 heavy (non-hydrogen) atoms. The summed E-state index contributed by atoms with van der Waals surface area (Å²) >= 11 is 0. The van der Waals surface area contributed by atoms with E-state index < -0.39 is 5.60 Å². The van der Waals surface area contributed by atoms with E-state index in [1.54, 1.807) is 7.11 Å². The molecule has 0 spiro atoms. The number of amides is 1. The van der Waals surface area contributed by atoms with Gasteiger partial charge < -0.3 is 20.1 Å². The van der Waals surface area contributed by atoms with Crippen molar-refractivity contribution in [3.05, 3.63) is 0 Å². The van der Waals surface area contributed by atoms with Crippen LogP contribution in [0, 0.1) is 0 Å². The number of nitrogens with one attached hydrogen (secondary N) is 2. The Morgan fingerprint density at radius 3 is 2.50 bits per heavy atom. The summed E-state index contributed by atoms with van der Waals surface area (Å²) in [4.78, 5) is 11.5. The van der Waals surface area contributed by atoms with E-state index >= 15 is 0 Å². The molecule has 0 bridgehead atoms. The van der Waals surface area contributed by atoms with E-state index in [0.29, 0.717) is 12.1 Å². The molecule has 0 saturated heterocycles. The summed E-state index contributed by atoms with van der Waals surface area (Å²) in [7, 11) is 1.74. The number of carbonyl (C=O) groups excluding carboxylic acids is 1. The van der Waals surface area contributed by atoms with Crippen LogP contribution in [0.5, 0.6) is 0 Å². The Balaban J connectivity index is 2.10. The number of methoxy groups -OCH3 is 1. The van der Waals surface area contributed by atoms with E-state index in [4.69, 9.17) is 9.47 Å². The topological polar surface area (TPSA) is 59.6 Å². The molecule has 1 fully saturated rings. The molecule has 0 aliphatic heterocycles. The van der Waals surface area contributed by atoms with Gasteiger partial charge in [-0.15, -0.1) is 0 Å². The molecule has 1 amide bonds. The molecular formula is C13H26N2O3. The maximum Gasteiger partial charge on any atom is 0.407 e. The van der Waals surface area contributed by atoms with Gasteiger partial charge in [0.25, 0.3) is 0 Å². The Labute approximate surface area is 110 Å². The second kappa shape index (κ2) is 6.38. The van der Waals surface area contributed by atoms with Crippen molar-refractivity contribution in [2.24, 2.45) is 0 Å². The summed E-state index contributed by atoms with van der Waals surface area (Å²) in [5, 5.41) is 6.21. The predicted octanol–water partition coefficient (Wildman–Crippen LogP) is 1.67. The van der Waals surface area contributed by atoms with Gasteiger partial charge in [-0.1, -0.05) is 0 Å². The molecule has 2 N–H and O–H groups in total. The van der Waals surface area contributed by atoms with Gasteiger partial charge in [-0.25, -0.2) is 4.79 Å². The van der Waals surface area contributed by atoms with Gasteiger partial charge in [0, 0.05) is 25.7 Å². The Morgan fingerprint density at radius 1 is 1.39 bits per heavy atom. The molecule has 1 rings (SSSR count). The molecule has 0 aromatic rings. The lowest BCUT2D eigenvalue weighted by atomic mass is 9.89. The van der Waals surface area contributed by atoms with Gasteiger partial charge in [0.2, 0.25) is 0 Å². The normalized spacial score (nSPS) is 25.2. The second-order valence-corrected chi connectivity index (χ2v) is 5.98. The first-order valence-corrected chi connectivity index (χ1v) is 6.56. The van der Waals surface area contributed by atoms with Crippen molar-refractivity contribution < 1.29 is 14.3 Å². The Hall–Kier alpha value is -0.810. The molecule has 0 aromatic heterocycles. The van der Waals surface area contributed by atoms with Crippen LogP contribution in [0.2, 0.25) is 0 Å². The minimum Gasteiger partial charge on any atom is -0.444 e. The molecule has 106 valence electrons. The molecule has 0 aromatic carbocycles. The van der Waals surface area contributed by atoms with E-state index in [9.17, 15) is 4.79 Å². The third kappa shape index (κ3) is 5.69. The lowest BCUT2D eigenvalue weighted by Gasteiger charge is -2.35. The van der Waals surface area contributed by atoms with Crippen molar-refractivity contribution in [3.8, 4) is 0 Å². The van der Waals surface area contributed by atoms with Gasteiger partial charge in [0.15, 0.2) is 0 Å². The number of carbonyl (C=O) groups is 1. The summed E-state index contributed by atoms with van der Waals surface area (Å²) < 4.78 is 10.4. The number of ether oxygens (including phenoxy) is 2. The summed E-state index contributed by atoms with van der Waals surface area (Å²) in [6.07, 6.45) is 2.14. The highest BCUT2D eigenvalue weighted by Crippen LogP contribution is 2.22. The van der Waals surface area contributed by atoms with Crippen LogP contribution < -0.4 is 10.6 Å². The summed E-state index contributed by atoms with van der Waals surface area (Å²) in [5.41, 5.74) is -0.448. The molecule has 1 aliphatic carbocycles. The van der Waals surface area contributed by atoms with Crippen molar-refractivity contribution in [1.82, 2.24) is 10.6 Å². The largest absolute Gasteiger partial charge is 0.444 e. The van der Waals surface area contributed by atoms with E-state index in [2.05, 4.69) is 10.6 Å². The van der Waals surface area contributed by atoms with Crippen LogP contribution in [-0.4, -0.2) is 43.5 Å². The maximum absolute atomic E-state index is 11.5. The number of rotatable bonds is 5. The minimum atomic E-state index is -0.448. The maximum atomic E-state index is 11.5. The summed E-state index contributed by atoms with van der Waals surface area (Å²) in [5.74, 6) is 0. The Bertz CT molecular complexity index is 270. The third-order valence-electron chi connectivity index (χ3n) is 2.90. The quantitative estimate of drug-likeness (QED) is 0.787. The first-order chi connectivity index (χ1) is 8.30. The fourth-order valence-corrected chi connectivity index (χ4v) is 1.83. The van der Waals surface area contributed by atoms with Gasteiger partial charge in [-0.2, -0.15) is 0 Å². The van der Waals surface area contributed by atoms with Crippen LogP contribution in [0.4, 0.5) is 4.79 Å². The number of hydrogen-bond acceptors (Lipinski definition) is 4. The lowest BCUT2D eigenvalue weighted by Crippen LogP contribution is -2.50. The van der Waals surface area contributed by atoms with Gasteiger partial charge in [0.05, 0.1) is 6.10 Å². The van der Waals surface area contributed by atoms with Gasteiger partial charge in [0.1, 0.15) is 5.60 Å². The van der Waals surface area contributed by atoms with Crippen LogP contribution in [0.1, 0.15) is 40.5 Å². The van der Waals surface area contributed by atoms with E-state index in [1.165, 1.54) is 0 Å². The first kappa shape index (κ1) is 15.2. The van der Waals surface area contributed by atoms with Gasteiger partial charge >= 0.3 is 6.09 Å². The molecule has 0 radical (unpaired) electrons. The average Bonchev–Trinajstić information content (AvgIpc) is 2.12. The molecular weight excluding hydrogens is 232 g/mol. The molecule has 1 unspecified atom stereocenters. The van der Waals surface area contributed by atoms with Crippen molar-refractivity contribution in [2.45, 2.75) is 64.3 Å². The minimum absolute atomic E-state index is 0.0569. The Morgan fingerprint density at radius 2 is 2.00 bits per heavy atom. The number of hydrogen-bond donors (Lipinski definition) is 2. The van der Waals surface area contributed by atoms with Crippen molar-refractivity contribution in [1.29, 1.82) is 0 Å². The van der Waals surface area contributed by atoms with Gasteiger partial charge in [-0.3, -0.25) is 0 Å². The first-order valence-electron chi connectivity index (χ1n) is 6.56. The van der Waals surface area contributed by atoms with Crippen molar-refractivity contribution in [2.75, 3.05) is 13.7 Å². The zero-order chi connectivity index (χ0) is 13.8. The van der Waals surface area contributed by atoms with Crippen molar-refractivity contribution in [3.63, 3.8) is 0 Å². The molecule has 0 heterocycles. The SMILES string of the molecule is COC1CC(NCC(C)NC(=O)OC(C)(C)C)C1. The highest BCUT2D eigenvalue weighted by atomic mass is 16.6. The summed E-state index contributed by atoms with van der Waals surface area (Å²) in [6, 6.07) is 0.569. The molecule has 1 saturated carbocycles. The Kier molecular flexibility index (Phi) is 5.41. The fourth-order valence-electron chi connectivity index (χ4n) is 1.83. The number of alkyl carbamates (subject to hydrolysis) is 1. The second-order valence-electron chi connectivity index (χ2n) is 5.98. The van der Waals surface area contributed by atoms with Crippen LogP contribution in [0.15, 0.2) is 0 Å². The van der Waals surface area contributed by atoms with Crippen molar-refractivity contribution >= 4 is 6.09 Å². The third-order valence-corrected chi connectivity index (χ3v) is 2.90. The van der Waals surface area contributed by atoms with Crippen LogP contribution >= 0.6 is 0 Å². The zero-order valence-electron chi connectivity index (χ0n) is 12.1. The fraction of sp³-hybridized carbons (Fsp3) is 0.923. The van der Waals surface area contributed by atoms with Crippen LogP contribution in [0.3, 0.4) is 0 Å². The molecule has 5 nitrogen and oxygen atoms in total. The van der Waals surface area contributed by atoms with E-state index in [1.807, 2.05) is 27.7 Å². The van der Waals surface area contributed by atoms with Gasteiger partial charge in [-0.05, 0) is 40.5 Å². The molecule has 5 heteroatoms. The average molecular weight is 258 g/mol. The molecule has 1 atom stereocenters. The van der Waals surface area contributed by atoms with E-state index in [0.717, 1.165) is 19.4 Å². The standard InChI is InChI=1S/C13H26N2O3/c1-9(15-12(16)18-13(2,3)4)8-14-10-6-11(7-10)17-5/h9-11,14H,6-8H2,1-5H3,(H,15,16).